The first-order valence-corrected chi connectivity index (χ1v) is 7.87. The quantitative estimate of drug-likeness (QED) is 0.805. The fraction of sp³-hybridized carbons (Fsp3) is 0.176. The van der Waals surface area contributed by atoms with Crippen LogP contribution < -0.4 is 15.6 Å². The first-order valence-electron chi connectivity index (χ1n) is 7.08. The first kappa shape index (κ1) is 17.0. The number of benzene rings is 2. The maximum absolute atomic E-state index is 12.2. The van der Waals surface area contributed by atoms with Crippen LogP contribution in [0.2, 0.25) is 0 Å². The van der Waals surface area contributed by atoms with Gasteiger partial charge in [-0.05, 0) is 58.2 Å². The van der Waals surface area contributed by atoms with Gasteiger partial charge < -0.3 is 4.74 Å². The topological polar surface area (TPSA) is 67.4 Å². The molecule has 0 aliphatic rings. The van der Waals surface area contributed by atoms with Gasteiger partial charge in [-0.25, -0.2) is 0 Å². The number of amides is 2. The number of nitrogens with one attached hydrogen (secondary N) is 2. The molecule has 2 amide bonds. The summed E-state index contributed by atoms with van der Waals surface area (Å²) in [5.41, 5.74) is 6.78. The maximum atomic E-state index is 12.2. The van der Waals surface area contributed by atoms with Crippen molar-refractivity contribution >= 4 is 27.7 Å². The molecule has 0 saturated heterocycles. The monoisotopic (exact) mass is 376 g/mol. The summed E-state index contributed by atoms with van der Waals surface area (Å²) in [5.74, 6) is -0.255. The molecule has 23 heavy (non-hydrogen) atoms. The molecule has 5 nitrogen and oxygen atoms in total. The highest BCUT2D eigenvalue weighted by molar-refractivity contribution is 9.10. The Hall–Kier alpha value is -2.34. The zero-order valence-corrected chi connectivity index (χ0v) is 14.4. The molecule has 0 spiro atoms. The highest BCUT2D eigenvalue weighted by Gasteiger charge is 2.13. The van der Waals surface area contributed by atoms with E-state index < -0.39 is 5.91 Å². The predicted octanol–water partition coefficient (Wildman–Crippen LogP) is 3.09. The molecule has 0 heterocycles. The van der Waals surface area contributed by atoms with Crippen molar-refractivity contribution < 1.29 is 14.3 Å². The summed E-state index contributed by atoms with van der Waals surface area (Å²) < 4.78 is 5.70. The van der Waals surface area contributed by atoms with Crippen LogP contribution in [-0.2, 0) is 6.42 Å². The molecule has 2 aromatic rings. The van der Waals surface area contributed by atoms with E-state index in [0.29, 0.717) is 21.3 Å². The molecular formula is C17H17BrN2O3. The Bertz CT molecular complexity index is 714. The lowest BCUT2D eigenvalue weighted by molar-refractivity contribution is 0.0846. The number of methoxy groups -OCH3 is 1. The van der Waals surface area contributed by atoms with Gasteiger partial charge in [0.2, 0.25) is 0 Å². The second-order valence-electron chi connectivity index (χ2n) is 4.80. The van der Waals surface area contributed by atoms with E-state index in [1.807, 2.05) is 19.1 Å². The van der Waals surface area contributed by atoms with Gasteiger partial charge in [-0.1, -0.05) is 19.1 Å². The Morgan fingerprint density at radius 2 is 1.70 bits per heavy atom. The Kier molecular flexibility index (Phi) is 5.76. The number of hydrogen-bond acceptors (Lipinski definition) is 3. The fourth-order valence-electron chi connectivity index (χ4n) is 1.95. The first-order chi connectivity index (χ1) is 11.0. The Morgan fingerprint density at radius 3 is 2.30 bits per heavy atom. The van der Waals surface area contributed by atoms with E-state index >= 15 is 0 Å². The van der Waals surface area contributed by atoms with Crippen molar-refractivity contribution in [2.75, 3.05) is 7.11 Å². The van der Waals surface area contributed by atoms with Crippen molar-refractivity contribution in [2.45, 2.75) is 13.3 Å². The molecule has 0 unspecified atom stereocenters. The number of rotatable bonds is 4. The zero-order valence-electron chi connectivity index (χ0n) is 12.9. The van der Waals surface area contributed by atoms with Crippen LogP contribution in [0.25, 0.3) is 0 Å². The summed E-state index contributed by atoms with van der Waals surface area (Å²) in [4.78, 5) is 24.2. The summed E-state index contributed by atoms with van der Waals surface area (Å²) in [6.07, 6.45) is 0.905. The van der Waals surface area contributed by atoms with Crippen LogP contribution in [0.15, 0.2) is 46.9 Å². The number of ether oxygens (including phenoxy) is 1. The second-order valence-corrected chi connectivity index (χ2v) is 5.66. The predicted molar refractivity (Wildman–Crippen MR) is 91.4 cm³/mol. The van der Waals surface area contributed by atoms with Gasteiger partial charge in [0.1, 0.15) is 5.75 Å². The van der Waals surface area contributed by atoms with Gasteiger partial charge in [-0.15, -0.1) is 0 Å². The minimum atomic E-state index is -0.436. The number of halogens is 1. The molecular weight excluding hydrogens is 360 g/mol. The summed E-state index contributed by atoms with van der Waals surface area (Å²) >= 11 is 3.30. The lowest BCUT2D eigenvalue weighted by atomic mass is 10.1. The van der Waals surface area contributed by atoms with E-state index in [1.165, 1.54) is 7.11 Å². The van der Waals surface area contributed by atoms with Crippen LogP contribution in [0.3, 0.4) is 0 Å². The molecule has 0 saturated carbocycles. The number of hydrazine groups is 1. The number of aryl methyl sites for hydroxylation is 1. The largest absolute Gasteiger partial charge is 0.497 e. The molecule has 0 aliphatic carbocycles. The molecule has 120 valence electrons. The SMILES string of the molecule is CCc1ccc(C(=O)NNC(=O)c2cc(OC)ccc2Br)cc1. The van der Waals surface area contributed by atoms with Crippen LogP contribution >= 0.6 is 15.9 Å². The van der Waals surface area contributed by atoms with Gasteiger partial charge in [-0.2, -0.15) is 0 Å². The molecule has 0 atom stereocenters. The number of hydrogen-bond donors (Lipinski definition) is 2. The zero-order chi connectivity index (χ0) is 16.8. The minimum absolute atomic E-state index is 0.367. The fourth-order valence-corrected chi connectivity index (χ4v) is 2.38. The molecule has 0 aromatic heterocycles. The van der Waals surface area contributed by atoms with Gasteiger partial charge in [0, 0.05) is 10.0 Å². The van der Waals surface area contributed by atoms with Crippen molar-refractivity contribution in [2.24, 2.45) is 0 Å². The third-order valence-corrected chi connectivity index (χ3v) is 4.02. The summed E-state index contributed by atoms with van der Waals surface area (Å²) in [6, 6.07) is 12.2. The highest BCUT2D eigenvalue weighted by Crippen LogP contribution is 2.22. The van der Waals surface area contributed by atoms with Gasteiger partial charge in [-0.3, -0.25) is 20.4 Å². The van der Waals surface area contributed by atoms with Crippen LogP contribution in [0.5, 0.6) is 5.75 Å². The molecule has 0 radical (unpaired) electrons. The smallest absolute Gasteiger partial charge is 0.270 e. The third kappa shape index (κ3) is 4.32. The average molecular weight is 377 g/mol. The van der Waals surface area contributed by atoms with E-state index in [9.17, 15) is 9.59 Å². The summed E-state index contributed by atoms with van der Waals surface area (Å²) in [5, 5.41) is 0. The van der Waals surface area contributed by atoms with Crippen LogP contribution in [-0.4, -0.2) is 18.9 Å². The van der Waals surface area contributed by atoms with Gasteiger partial charge in [0.05, 0.1) is 12.7 Å². The summed E-state index contributed by atoms with van der Waals surface area (Å²) in [6.45, 7) is 2.04. The van der Waals surface area contributed by atoms with Crippen LogP contribution in [0.4, 0.5) is 0 Å². The normalized spacial score (nSPS) is 10.0. The Labute approximate surface area is 143 Å². The van der Waals surface area contributed by atoms with E-state index in [2.05, 4.69) is 26.8 Å². The Morgan fingerprint density at radius 1 is 1.04 bits per heavy atom. The number of carbonyl (C=O) groups excluding carboxylic acids is 2. The summed E-state index contributed by atoms with van der Waals surface area (Å²) in [7, 11) is 1.52. The lowest BCUT2D eigenvalue weighted by Crippen LogP contribution is -2.41. The van der Waals surface area contributed by atoms with Crippen LogP contribution in [0.1, 0.15) is 33.2 Å². The Balaban J connectivity index is 2.02. The number of carbonyl (C=O) groups is 2. The van der Waals surface area contributed by atoms with Crippen molar-refractivity contribution in [3.8, 4) is 5.75 Å². The third-order valence-electron chi connectivity index (χ3n) is 3.33. The minimum Gasteiger partial charge on any atom is -0.497 e. The molecule has 2 N–H and O–H groups in total. The molecule has 2 rings (SSSR count). The molecule has 0 bridgehead atoms. The molecule has 0 fully saturated rings. The van der Waals surface area contributed by atoms with Crippen molar-refractivity contribution in [3.05, 3.63) is 63.6 Å². The van der Waals surface area contributed by atoms with Crippen molar-refractivity contribution in [1.82, 2.24) is 10.9 Å². The van der Waals surface area contributed by atoms with Gasteiger partial charge >= 0.3 is 0 Å². The van der Waals surface area contributed by atoms with E-state index in [1.54, 1.807) is 30.3 Å². The second kappa shape index (κ2) is 7.78. The molecule has 6 heteroatoms. The van der Waals surface area contributed by atoms with E-state index in [0.717, 1.165) is 12.0 Å². The average Bonchev–Trinajstić information content (AvgIpc) is 2.59. The standard InChI is InChI=1S/C17H17BrN2O3/c1-3-11-4-6-12(7-5-11)16(21)19-20-17(22)14-10-13(23-2)8-9-15(14)18/h4-10H,3H2,1-2H3,(H,19,21)(H,20,22). The maximum Gasteiger partial charge on any atom is 0.270 e. The van der Waals surface area contributed by atoms with E-state index in [-0.39, 0.29) is 5.91 Å². The van der Waals surface area contributed by atoms with Gasteiger partial charge in [0.15, 0.2) is 0 Å². The van der Waals surface area contributed by atoms with Crippen LogP contribution in [0, 0.1) is 0 Å². The lowest BCUT2D eigenvalue weighted by Gasteiger charge is -2.10. The van der Waals surface area contributed by atoms with Crippen molar-refractivity contribution in [3.63, 3.8) is 0 Å². The molecule has 0 aliphatic heterocycles. The highest BCUT2D eigenvalue weighted by atomic mass is 79.9. The van der Waals surface area contributed by atoms with E-state index in [4.69, 9.17) is 4.74 Å². The van der Waals surface area contributed by atoms with Crippen molar-refractivity contribution in [1.29, 1.82) is 0 Å². The molecule has 2 aromatic carbocycles. The van der Waals surface area contributed by atoms with Gasteiger partial charge in [0.25, 0.3) is 11.8 Å².